The quantitative estimate of drug-likeness (QED) is 0.742. The van der Waals surface area contributed by atoms with Crippen LogP contribution in [0.25, 0.3) is 0 Å². The second-order valence-corrected chi connectivity index (χ2v) is 8.27. The van der Waals surface area contributed by atoms with E-state index in [2.05, 4.69) is 9.80 Å². The fourth-order valence-electron chi connectivity index (χ4n) is 4.48. The molecule has 1 saturated carbocycles. The van der Waals surface area contributed by atoms with Crippen molar-refractivity contribution in [2.45, 2.75) is 25.3 Å². The summed E-state index contributed by atoms with van der Waals surface area (Å²) in [5.74, 6) is 0.833. The van der Waals surface area contributed by atoms with E-state index in [9.17, 15) is 9.59 Å². The molecule has 0 N–H and O–H groups in total. The number of ether oxygens (including phenoxy) is 1. The van der Waals surface area contributed by atoms with Crippen molar-refractivity contribution < 1.29 is 14.3 Å². The molecule has 2 amide bonds. The number of methoxy groups -OCH3 is 1. The Bertz CT molecular complexity index is 721. The van der Waals surface area contributed by atoms with E-state index < -0.39 is 0 Å². The predicted molar refractivity (Wildman–Crippen MR) is 111 cm³/mol. The van der Waals surface area contributed by atoms with Crippen molar-refractivity contribution in [3.8, 4) is 5.75 Å². The van der Waals surface area contributed by atoms with Crippen molar-refractivity contribution in [1.82, 2.24) is 19.6 Å². The Hall–Kier alpha value is -2.12. The first-order chi connectivity index (χ1) is 14.2. The monoisotopic (exact) mass is 400 g/mol. The van der Waals surface area contributed by atoms with Gasteiger partial charge in [0.25, 0.3) is 5.91 Å². The Morgan fingerprint density at radius 1 is 0.931 bits per heavy atom. The van der Waals surface area contributed by atoms with Crippen LogP contribution in [-0.2, 0) is 4.79 Å². The van der Waals surface area contributed by atoms with E-state index >= 15 is 0 Å². The van der Waals surface area contributed by atoms with Gasteiger partial charge in [-0.25, -0.2) is 0 Å². The zero-order valence-corrected chi connectivity index (χ0v) is 17.4. The largest absolute Gasteiger partial charge is 0.496 e. The number of hydrogen-bond donors (Lipinski definition) is 0. The van der Waals surface area contributed by atoms with Crippen molar-refractivity contribution in [1.29, 1.82) is 0 Å². The fourth-order valence-corrected chi connectivity index (χ4v) is 4.48. The Kier molecular flexibility index (Phi) is 6.35. The van der Waals surface area contributed by atoms with Crippen LogP contribution in [0.5, 0.6) is 5.75 Å². The summed E-state index contributed by atoms with van der Waals surface area (Å²) in [6.45, 7) is 6.92. The maximum atomic E-state index is 12.8. The lowest BCUT2D eigenvalue weighted by molar-refractivity contribution is -0.135. The molecular weight excluding hydrogens is 368 g/mol. The average Bonchev–Trinajstić information content (AvgIpc) is 2.73. The number of rotatable bonds is 5. The molecule has 29 heavy (non-hydrogen) atoms. The molecule has 2 saturated heterocycles. The molecule has 0 radical (unpaired) electrons. The maximum Gasteiger partial charge on any atom is 0.257 e. The highest BCUT2D eigenvalue weighted by atomic mass is 16.5. The van der Waals surface area contributed by atoms with Crippen molar-refractivity contribution in [2.75, 3.05) is 66.0 Å². The van der Waals surface area contributed by atoms with E-state index in [-0.39, 0.29) is 11.8 Å². The van der Waals surface area contributed by atoms with Crippen LogP contribution in [0.2, 0.25) is 0 Å². The fraction of sp³-hybridized carbons (Fsp3) is 0.636. The van der Waals surface area contributed by atoms with Gasteiger partial charge >= 0.3 is 0 Å². The number of para-hydroxylation sites is 1. The topological polar surface area (TPSA) is 56.3 Å². The van der Waals surface area contributed by atoms with Crippen molar-refractivity contribution in [2.24, 2.45) is 0 Å². The smallest absolute Gasteiger partial charge is 0.257 e. The van der Waals surface area contributed by atoms with Gasteiger partial charge in [-0.1, -0.05) is 18.6 Å². The third-order valence-electron chi connectivity index (χ3n) is 6.61. The van der Waals surface area contributed by atoms with Gasteiger partial charge in [0.1, 0.15) is 5.75 Å². The summed E-state index contributed by atoms with van der Waals surface area (Å²) in [5, 5.41) is 0. The highest BCUT2D eigenvalue weighted by Gasteiger charge is 2.30. The Morgan fingerprint density at radius 3 is 2.21 bits per heavy atom. The lowest BCUT2D eigenvalue weighted by atomic mass is 9.91. The molecule has 1 aliphatic carbocycles. The van der Waals surface area contributed by atoms with Crippen LogP contribution in [0, 0.1) is 0 Å². The van der Waals surface area contributed by atoms with Gasteiger partial charge in [-0.05, 0) is 25.0 Å². The van der Waals surface area contributed by atoms with Gasteiger partial charge in [0, 0.05) is 58.4 Å². The van der Waals surface area contributed by atoms with E-state index in [1.54, 1.807) is 13.2 Å². The van der Waals surface area contributed by atoms with Gasteiger partial charge in [-0.15, -0.1) is 0 Å². The minimum atomic E-state index is 0.000503. The highest BCUT2D eigenvalue weighted by molar-refractivity contribution is 5.97. The van der Waals surface area contributed by atoms with Crippen molar-refractivity contribution >= 4 is 11.8 Å². The summed E-state index contributed by atoms with van der Waals surface area (Å²) in [7, 11) is 1.59. The molecule has 2 aliphatic heterocycles. The molecule has 4 rings (SSSR count). The SMILES string of the molecule is COc1ccccc1C(=O)N1CCN(CC(=O)N2CCN(C3CCC3)CC2)CC1. The minimum Gasteiger partial charge on any atom is -0.496 e. The van der Waals surface area contributed by atoms with Crippen LogP contribution < -0.4 is 4.74 Å². The van der Waals surface area contributed by atoms with Crippen LogP contribution in [-0.4, -0.2) is 103 Å². The molecule has 3 fully saturated rings. The molecule has 158 valence electrons. The third kappa shape index (κ3) is 4.56. The molecule has 1 aromatic carbocycles. The predicted octanol–water partition coefficient (Wildman–Crippen LogP) is 1.15. The Balaban J connectivity index is 1.22. The molecular formula is C22H32N4O3. The first kappa shape index (κ1) is 20.2. The molecule has 2 heterocycles. The summed E-state index contributed by atoms with van der Waals surface area (Å²) in [4.78, 5) is 34.1. The molecule has 7 nitrogen and oxygen atoms in total. The minimum absolute atomic E-state index is 0.000503. The summed E-state index contributed by atoms with van der Waals surface area (Å²) >= 11 is 0. The number of nitrogens with zero attached hydrogens (tertiary/aromatic N) is 4. The number of hydrogen-bond acceptors (Lipinski definition) is 5. The zero-order valence-electron chi connectivity index (χ0n) is 17.4. The van der Waals surface area contributed by atoms with Gasteiger partial charge in [-0.2, -0.15) is 0 Å². The van der Waals surface area contributed by atoms with Gasteiger partial charge in [0.15, 0.2) is 0 Å². The number of carbonyl (C=O) groups is 2. The van der Waals surface area contributed by atoms with E-state index in [1.807, 2.05) is 28.0 Å². The number of amides is 2. The lowest BCUT2D eigenvalue weighted by Crippen LogP contribution is -2.56. The Morgan fingerprint density at radius 2 is 1.59 bits per heavy atom. The van der Waals surface area contributed by atoms with E-state index in [4.69, 9.17) is 4.74 Å². The highest BCUT2D eigenvalue weighted by Crippen LogP contribution is 2.25. The first-order valence-corrected chi connectivity index (χ1v) is 10.8. The van der Waals surface area contributed by atoms with Crippen molar-refractivity contribution in [3.05, 3.63) is 29.8 Å². The molecule has 0 atom stereocenters. The standard InChI is InChI=1S/C22H32N4O3/c1-29-20-8-3-2-7-19(20)22(28)26-11-9-23(10-12-26)17-21(27)25-15-13-24(14-16-25)18-5-4-6-18/h2-3,7-8,18H,4-6,9-17H2,1H3. The van der Waals surface area contributed by atoms with Crippen LogP contribution >= 0.6 is 0 Å². The molecule has 0 spiro atoms. The van der Waals surface area contributed by atoms with Gasteiger partial charge in [0.05, 0.1) is 19.2 Å². The molecule has 0 bridgehead atoms. The van der Waals surface area contributed by atoms with E-state index in [1.165, 1.54) is 19.3 Å². The second-order valence-electron chi connectivity index (χ2n) is 8.27. The number of benzene rings is 1. The van der Waals surface area contributed by atoms with Crippen molar-refractivity contribution in [3.63, 3.8) is 0 Å². The van der Waals surface area contributed by atoms with Crippen LogP contribution in [0.3, 0.4) is 0 Å². The molecule has 3 aliphatic rings. The molecule has 0 unspecified atom stereocenters. The Labute approximate surface area is 173 Å². The van der Waals surface area contributed by atoms with Crippen LogP contribution in [0.15, 0.2) is 24.3 Å². The maximum absolute atomic E-state index is 12.8. The third-order valence-corrected chi connectivity index (χ3v) is 6.61. The normalized spacial score (nSPS) is 21.7. The zero-order chi connectivity index (χ0) is 20.2. The number of piperazine rings is 2. The number of carbonyl (C=O) groups excluding carboxylic acids is 2. The summed E-state index contributed by atoms with van der Waals surface area (Å²) < 4.78 is 5.32. The van der Waals surface area contributed by atoms with Gasteiger partial charge < -0.3 is 14.5 Å². The first-order valence-electron chi connectivity index (χ1n) is 10.8. The molecule has 1 aromatic rings. The van der Waals surface area contributed by atoms with Crippen LogP contribution in [0.1, 0.15) is 29.6 Å². The summed E-state index contributed by atoms with van der Waals surface area (Å²) in [6, 6.07) is 8.11. The second kappa shape index (κ2) is 9.13. The van der Waals surface area contributed by atoms with Crippen LogP contribution in [0.4, 0.5) is 0 Å². The van der Waals surface area contributed by atoms with Gasteiger partial charge in [0.2, 0.25) is 5.91 Å². The lowest BCUT2D eigenvalue weighted by Gasteiger charge is -2.43. The van der Waals surface area contributed by atoms with E-state index in [0.29, 0.717) is 30.9 Å². The summed E-state index contributed by atoms with van der Waals surface area (Å²) in [6.07, 6.45) is 4.01. The van der Waals surface area contributed by atoms with E-state index in [0.717, 1.165) is 45.3 Å². The van der Waals surface area contributed by atoms with Gasteiger partial charge in [-0.3, -0.25) is 19.4 Å². The summed E-state index contributed by atoms with van der Waals surface area (Å²) in [5.41, 5.74) is 0.601. The average molecular weight is 401 g/mol. The molecule has 7 heteroatoms. The molecule has 0 aromatic heterocycles.